The van der Waals surface area contributed by atoms with Crippen molar-refractivity contribution in [2.75, 3.05) is 0 Å². The Labute approximate surface area is 151 Å². The van der Waals surface area contributed by atoms with Crippen molar-refractivity contribution in [3.8, 4) is 5.69 Å². The standard InChI is InChI=1S/C19H23N5O2/c1-11(2)21-17(25)10-23-19(26)18-15(14(5)22-23)9-20-24(18)16-7-6-12(3)8-13(16)4/h6-9,11H,10H2,1-5H3,(H,21,25). The summed E-state index contributed by atoms with van der Waals surface area (Å²) in [4.78, 5) is 25.1. The van der Waals surface area contributed by atoms with Crippen molar-refractivity contribution in [1.29, 1.82) is 0 Å². The van der Waals surface area contributed by atoms with Crippen LogP contribution in [-0.2, 0) is 11.3 Å². The van der Waals surface area contributed by atoms with Crippen LogP contribution in [-0.4, -0.2) is 31.5 Å². The van der Waals surface area contributed by atoms with Crippen molar-refractivity contribution < 1.29 is 4.79 Å². The maximum Gasteiger partial charge on any atom is 0.293 e. The normalized spacial score (nSPS) is 11.3. The second kappa shape index (κ2) is 6.74. The van der Waals surface area contributed by atoms with Crippen molar-refractivity contribution in [2.45, 2.75) is 47.2 Å². The molecule has 2 heterocycles. The van der Waals surface area contributed by atoms with Gasteiger partial charge in [0.1, 0.15) is 12.1 Å². The van der Waals surface area contributed by atoms with Crippen LogP contribution in [0.25, 0.3) is 16.6 Å². The summed E-state index contributed by atoms with van der Waals surface area (Å²) >= 11 is 0. The Morgan fingerprint density at radius 2 is 1.96 bits per heavy atom. The SMILES string of the molecule is Cc1ccc(-n2ncc3c(C)nn(CC(=O)NC(C)C)c(=O)c32)c(C)c1. The summed E-state index contributed by atoms with van der Waals surface area (Å²) in [6.07, 6.45) is 1.65. The molecule has 0 fully saturated rings. The molecule has 0 aliphatic heterocycles. The summed E-state index contributed by atoms with van der Waals surface area (Å²) in [5.74, 6) is -0.245. The van der Waals surface area contributed by atoms with E-state index in [0.29, 0.717) is 16.6 Å². The van der Waals surface area contributed by atoms with Gasteiger partial charge in [0.05, 0.1) is 17.6 Å². The van der Waals surface area contributed by atoms with Crippen LogP contribution < -0.4 is 10.9 Å². The van der Waals surface area contributed by atoms with Crippen LogP contribution in [0.1, 0.15) is 30.7 Å². The molecule has 0 aliphatic carbocycles. The van der Waals surface area contributed by atoms with Gasteiger partial charge in [-0.25, -0.2) is 9.36 Å². The lowest BCUT2D eigenvalue weighted by Crippen LogP contribution is -2.37. The Kier molecular flexibility index (Phi) is 4.63. The second-order valence-corrected chi connectivity index (χ2v) is 6.88. The number of aromatic nitrogens is 4. The number of hydrogen-bond donors (Lipinski definition) is 1. The van der Waals surface area contributed by atoms with Crippen LogP contribution in [0.5, 0.6) is 0 Å². The molecule has 0 saturated heterocycles. The fourth-order valence-corrected chi connectivity index (χ4v) is 3.06. The van der Waals surface area contributed by atoms with Crippen LogP contribution in [0.4, 0.5) is 0 Å². The average molecular weight is 353 g/mol. The molecule has 1 aromatic carbocycles. The molecule has 0 saturated carbocycles. The molecule has 0 spiro atoms. The summed E-state index contributed by atoms with van der Waals surface area (Å²) in [6.45, 7) is 9.44. The number of rotatable bonds is 4. The van der Waals surface area contributed by atoms with Gasteiger partial charge in [-0.1, -0.05) is 17.7 Å². The third-order valence-electron chi connectivity index (χ3n) is 4.19. The molecule has 136 valence electrons. The van der Waals surface area contributed by atoms with Crippen molar-refractivity contribution in [2.24, 2.45) is 0 Å². The van der Waals surface area contributed by atoms with Crippen molar-refractivity contribution in [3.05, 3.63) is 51.6 Å². The van der Waals surface area contributed by atoms with Gasteiger partial charge in [-0.3, -0.25) is 9.59 Å². The maximum absolute atomic E-state index is 13.0. The molecule has 7 nitrogen and oxygen atoms in total. The molecule has 2 aromatic heterocycles. The van der Waals surface area contributed by atoms with E-state index in [4.69, 9.17) is 0 Å². The van der Waals surface area contributed by atoms with Crippen LogP contribution in [0.2, 0.25) is 0 Å². The minimum atomic E-state index is -0.331. The van der Waals surface area contributed by atoms with Gasteiger partial charge in [-0.05, 0) is 46.2 Å². The Bertz CT molecular complexity index is 1050. The molecule has 7 heteroatoms. The lowest BCUT2D eigenvalue weighted by Gasteiger charge is -2.11. The number of aryl methyl sites for hydroxylation is 3. The first-order valence-corrected chi connectivity index (χ1v) is 8.60. The van der Waals surface area contributed by atoms with E-state index in [1.807, 2.05) is 52.8 Å². The number of fused-ring (bicyclic) bond motifs is 1. The molecule has 0 unspecified atom stereocenters. The molecule has 3 aromatic rings. The minimum Gasteiger partial charge on any atom is -0.352 e. The average Bonchev–Trinajstić information content (AvgIpc) is 2.97. The lowest BCUT2D eigenvalue weighted by molar-refractivity contribution is -0.122. The maximum atomic E-state index is 13.0. The highest BCUT2D eigenvalue weighted by Crippen LogP contribution is 2.20. The highest BCUT2D eigenvalue weighted by Gasteiger charge is 2.17. The molecule has 26 heavy (non-hydrogen) atoms. The summed E-state index contributed by atoms with van der Waals surface area (Å²) in [5, 5.41) is 12.2. The number of carbonyl (C=O) groups excluding carboxylic acids is 1. The number of nitrogens with one attached hydrogen (secondary N) is 1. The smallest absolute Gasteiger partial charge is 0.293 e. The zero-order valence-electron chi connectivity index (χ0n) is 15.7. The number of amides is 1. The van der Waals surface area contributed by atoms with Gasteiger partial charge in [0.15, 0.2) is 0 Å². The first-order valence-electron chi connectivity index (χ1n) is 8.60. The zero-order valence-corrected chi connectivity index (χ0v) is 15.7. The highest BCUT2D eigenvalue weighted by molar-refractivity contribution is 5.82. The zero-order chi connectivity index (χ0) is 19.0. The molecule has 0 atom stereocenters. The fourth-order valence-electron chi connectivity index (χ4n) is 3.06. The number of carbonyl (C=O) groups is 1. The van der Waals surface area contributed by atoms with E-state index >= 15 is 0 Å². The van der Waals surface area contributed by atoms with Crippen molar-refractivity contribution >= 4 is 16.8 Å². The van der Waals surface area contributed by atoms with Gasteiger partial charge >= 0.3 is 0 Å². The van der Waals surface area contributed by atoms with Crippen molar-refractivity contribution in [3.63, 3.8) is 0 Å². The van der Waals surface area contributed by atoms with Gasteiger partial charge in [0, 0.05) is 11.4 Å². The van der Waals surface area contributed by atoms with E-state index in [9.17, 15) is 9.59 Å². The van der Waals surface area contributed by atoms with Gasteiger partial charge in [0.25, 0.3) is 5.56 Å². The summed E-state index contributed by atoms with van der Waals surface area (Å²) in [5.41, 5.74) is 3.76. The first-order chi connectivity index (χ1) is 12.3. The quantitative estimate of drug-likeness (QED) is 0.778. The molecular weight excluding hydrogens is 330 g/mol. The Balaban J connectivity index is 2.16. The topological polar surface area (TPSA) is 81.8 Å². The van der Waals surface area contributed by atoms with Crippen molar-refractivity contribution in [1.82, 2.24) is 24.9 Å². The minimum absolute atomic E-state index is 0.00349. The van der Waals surface area contributed by atoms with E-state index < -0.39 is 0 Å². The lowest BCUT2D eigenvalue weighted by atomic mass is 10.1. The molecule has 3 rings (SSSR count). The van der Waals surface area contributed by atoms with Gasteiger partial charge < -0.3 is 5.32 Å². The van der Waals surface area contributed by atoms with Gasteiger partial charge in [-0.15, -0.1) is 0 Å². The van der Waals surface area contributed by atoms with Crippen LogP contribution in [0.15, 0.2) is 29.2 Å². The van der Waals surface area contributed by atoms with Crippen LogP contribution >= 0.6 is 0 Å². The molecule has 1 N–H and O–H groups in total. The molecule has 0 aliphatic rings. The van der Waals surface area contributed by atoms with Gasteiger partial charge in [0.2, 0.25) is 5.91 Å². The Hall–Kier alpha value is -2.96. The van der Waals surface area contributed by atoms with E-state index in [1.165, 1.54) is 4.68 Å². The summed E-state index contributed by atoms with van der Waals surface area (Å²) < 4.78 is 2.84. The predicted molar refractivity (Wildman–Crippen MR) is 101 cm³/mol. The van der Waals surface area contributed by atoms with E-state index in [2.05, 4.69) is 15.5 Å². The van der Waals surface area contributed by atoms with E-state index in [1.54, 1.807) is 10.9 Å². The van der Waals surface area contributed by atoms with E-state index in [-0.39, 0.29) is 24.1 Å². The monoisotopic (exact) mass is 353 g/mol. The second-order valence-electron chi connectivity index (χ2n) is 6.88. The third kappa shape index (κ3) is 3.24. The Morgan fingerprint density at radius 1 is 1.23 bits per heavy atom. The number of hydrogen-bond acceptors (Lipinski definition) is 4. The third-order valence-corrected chi connectivity index (χ3v) is 4.19. The summed E-state index contributed by atoms with van der Waals surface area (Å²) in [7, 11) is 0. The fraction of sp³-hybridized carbons (Fsp3) is 0.368. The number of nitrogens with zero attached hydrogens (tertiary/aromatic N) is 4. The van der Waals surface area contributed by atoms with E-state index in [0.717, 1.165) is 16.8 Å². The first kappa shape index (κ1) is 17.8. The summed E-state index contributed by atoms with van der Waals surface area (Å²) in [6, 6.07) is 5.98. The predicted octanol–water partition coefficient (Wildman–Crippen LogP) is 2.03. The molecule has 1 amide bonds. The number of benzene rings is 1. The highest BCUT2D eigenvalue weighted by atomic mass is 16.2. The van der Waals surface area contributed by atoms with Crippen LogP contribution in [0.3, 0.4) is 0 Å². The molecule has 0 bridgehead atoms. The molecular formula is C19H23N5O2. The van der Waals surface area contributed by atoms with Gasteiger partial charge in [-0.2, -0.15) is 10.2 Å². The molecule has 0 radical (unpaired) electrons. The Morgan fingerprint density at radius 3 is 2.62 bits per heavy atom. The van der Waals surface area contributed by atoms with Crippen LogP contribution in [0, 0.1) is 20.8 Å². The largest absolute Gasteiger partial charge is 0.352 e.